The van der Waals surface area contributed by atoms with Crippen molar-refractivity contribution >= 4 is 11.9 Å². The van der Waals surface area contributed by atoms with E-state index in [0.29, 0.717) is 0 Å². The van der Waals surface area contributed by atoms with Gasteiger partial charge in [-0.1, -0.05) is 0 Å². The molecule has 0 aliphatic heterocycles. The van der Waals surface area contributed by atoms with Crippen LogP contribution in [0.3, 0.4) is 0 Å². The van der Waals surface area contributed by atoms with E-state index in [9.17, 15) is 14.7 Å². The van der Waals surface area contributed by atoms with Crippen LogP contribution in [0.15, 0.2) is 0 Å². The minimum atomic E-state index is -0.986. The van der Waals surface area contributed by atoms with E-state index >= 15 is 0 Å². The summed E-state index contributed by atoms with van der Waals surface area (Å²) in [5.74, 6) is -1.08. The molecule has 15 heavy (non-hydrogen) atoms. The molecule has 0 bridgehead atoms. The van der Waals surface area contributed by atoms with Crippen molar-refractivity contribution in [3.05, 3.63) is 0 Å². The van der Waals surface area contributed by atoms with E-state index in [-0.39, 0.29) is 6.54 Å². The molecule has 0 aromatic carbocycles. The zero-order valence-electron chi connectivity index (χ0n) is 9.39. The molecule has 1 unspecified atom stereocenters. The monoisotopic (exact) mass is 219 g/mol. The Balaban J connectivity index is 4.23. The number of carbonyl (C=O) groups is 2. The van der Waals surface area contributed by atoms with Crippen molar-refractivity contribution in [2.45, 2.75) is 33.3 Å². The molecular formula is C9H17NO5. The highest BCUT2D eigenvalue weighted by atomic mass is 16.7. The Labute approximate surface area is 88.8 Å². The van der Waals surface area contributed by atoms with E-state index in [1.165, 1.54) is 18.7 Å². The number of aliphatic hydroxyl groups excluding tert-OH is 1. The quantitative estimate of drug-likeness (QED) is 0.505. The standard InChI is InChI=1S/C9H17NO5/c1-6(11)10(4)5-9(14-7(2)12)15-8(3)13/h6,9,11H,5H2,1-4H3. The van der Waals surface area contributed by atoms with Crippen LogP contribution in [0.25, 0.3) is 0 Å². The van der Waals surface area contributed by atoms with Gasteiger partial charge in [-0.15, -0.1) is 0 Å². The molecule has 1 atom stereocenters. The van der Waals surface area contributed by atoms with Gasteiger partial charge in [0.2, 0.25) is 0 Å². The van der Waals surface area contributed by atoms with Gasteiger partial charge in [0.15, 0.2) is 0 Å². The smallest absolute Gasteiger partial charge is 0.305 e. The Morgan fingerprint density at radius 1 is 1.27 bits per heavy atom. The van der Waals surface area contributed by atoms with Gasteiger partial charge in [-0.3, -0.25) is 14.5 Å². The fraction of sp³-hybridized carbons (Fsp3) is 0.778. The van der Waals surface area contributed by atoms with E-state index in [1.54, 1.807) is 14.0 Å². The normalized spacial score (nSPS) is 12.7. The lowest BCUT2D eigenvalue weighted by molar-refractivity contribution is -0.190. The van der Waals surface area contributed by atoms with Gasteiger partial charge in [0.05, 0.1) is 6.54 Å². The minimum absolute atomic E-state index is 0.122. The Morgan fingerprint density at radius 2 is 1.67 bits per heavy atom. The molecule has 0 aliphatic rings. The van der Waals surface area contributed by atoms with E-state index in [2.05, 4.69) is 0 Å². The average molecular weight is 219 g/mol. The third-order valence-corrected chi connectivity index (χ3v) is 1.67. The number of carbonyl (C=O) groups excluding carboxylic acids is 2. The summed E-state index contributed by atoms with van der Waals surface area (Å²) in [5, 5.41) is 9.18. The summed E-state index contributed by atoms with van der Waals surface area (Å²) >= 11 is 0. The predicted octanol–water partition coefficient (Wildman–Crippen LogP) is -0.291. The van der Waals surface area contributed by atoms with Crippen molar-refractivity contribution in [3.8, 4) is 0 Å². The zero-order chi connectivity index (χ0) is 12.0. The van der Waals surface area contributed by atoms with Gasteiger partial charge in [-0.2, -0.15) is 0 Å². The number of nitrogens with zero attached hydrogens (tertiary/aromatic N) is 1. The van der Waals surface area contributed by atoms with Crippen molar-refractivity contribution in [2.24, 2.45) is 0 Å². The summed E-state index contributed by atoms with van der Waals surface area (Å²) in [6.07, 6.45) is -1.70. The van der Waals surface area contributed by atoms with Gasteiger partial charge in [-0.05, 0) is 14.0 Å². The highest BCUT2D eigenvalue weighted by molar-refractivity contribution is 5.68. The lowest BCUT2D eigenvalue weighted by Gasteiger charge is -2.24. The molecule has 0 aromatic heterocycles. The molecule has 6 nitrogen and oxygen atoms in total. The molecule has 0 aromatic rings. The number of hydrogen-bond donors (Lipinski definition) is 1. The van der Waals surface area contributed by atoms with E-state index in [1.807, 2.05) is 0 Å². The fourth-order valence-corrected chi connectivity index (χ4v) is 0.856. The van der Waals surface area contributed by atoms with Crippen LogP contribution in [-0.2, 0) is 19.1 Å². The summed E-state index contributed by atoms with van der Waals surface area (Å²) in [6, 6.07) is 0. The summed E-state index contributed by atoms with van der Waals surface area (Å²) in [4.78, 5) is 22.9. The molecule has 0 spiro atoms. The second kappa shape index (κ2) is 6.36. The van der Waals surface area contributed by atoms with Crippen molar-refractivity contribution in [1.29, 1.82) is 0 Å². The maximum absolute atomic E-state index is 10.7. The van der Waals surface area contributed by atoms with Gasteiger partial charge in [-0.25, -0.2) is 0 Å². The zero-order valence-corrected chi connectivity index (χ0v) is 9.39. The van der Waals surface area contributed by atoms with E-state index < -0.39 is 24.5 Å². The van der Waals surface area contributed by atoms with Crippen LogP contribution in [0.2, 0.25) is 0 Å². The summed E-state index contributed by atoms with van der Waals surface area (Å²) in [7, 11) is 1.62. The van der Waals surface area contributed by atoms with Crippen LogP contribution < -0.4 is 0 Å². The highest BCUT2D eigenvalue weighted by Gasteiger charge is 2.19. The van der Waals surface area contributed by atoms with Crippen LogP contribution in [-0.4, -0.2) is 48.1 Å². The maximum atomic E-state index is 10.7. The molecule has 0 saturated heterocycles. The largest absolute Gasteiger partial charge is 0.424 e. The molecule has 0 amide bonds. The number of rotatable bonds is 5. The molecule has 0 radical (unpaired) electrons. The lowest BCUT2D eigenvalue weighted by atomic mass is 10.5. The lowest BCUT2D eigenvalue weighted by Crippen LogP contribution is -2.39. The third-order valence-electron chi connectivity index (χ3n) is 1.67. The second-order valence-corrected chi connectivity index (χ2v) is 3.22. The first-order valence-corrected chi connectivity index (χ1v) is 4.55. The number of aliphatic hydroxyl groups is 1. The maximum Gasteiger partial charge on any atom is 0.305 e. The van der Waals surface area contributed by atoms with Gasteiger partial charge < -0.3 is 14.6 Å². The highest BCUT2D eigenvalue weighted by Crippen LogP contribution is 2.01. The predicted molar refractivity (Wildman–Crippen MR) is 51.6 cm³/mol. The Hall–Kier alpha value is -1.14. The van der Waals surface area contributed by atoms with Crippen molar-refractivity contribution < 1.29 is 24.2 Å². The summed E-state index contributed by atoms with van der Waals surface area (Å²) in [6.45, 7) is 4.12. The summed E-state index contributed by atoms with van der Waals surface area (Å²) < 4.78 is 9.49. The van der Waals surface area contributed by atoms with Gasteiger partial charge in [0, 0.05) is 13.8 Å². The number of ether oxygens (including phenoxy) is 2. The average Bonchev–Trinajstić information content (AvgIpc) is 2.00. The third kappa shape index (κ3) is 6.87. The second-order valence-electron chi connectivity index (χ2n) is 3.22. The van der Waals surface area contributed by atoms with E-state index in [0.717, 1.165) is 0 Å². The van der Waals surface area contributed by atoms with Crippen LogP contribution in [0.4, 0.5) is 0 Å². The molecule has 1 N–H and O–H groups in total. The minimum Gasteiger partial charge on any atom is -0.424 e. The summed E-state index contributed by atoms with van der Waals surface area (Å²) in [5.41, 5.74) is 0. The molecule has 0 saturated carbocycles. The fourth-order valence-electron chi connectivity index (χ4n) is 0.856. The van der Waals surface area contributed by atoms with Crippen LogP contribution >= 0.6 is 0 Å². The van der Waals surface area contributed by atoms with Gasteiger partial charge >= 0.3 is 11.9 Å². The van der Waals surface area contributed by atoms with Crippen LogP contribution in [0.5, 0.6) is 0 Å². The number of esters is 2. The molecule has 0 rings (SSSR count). The Kier molecular flexibility index (Phi) is 5.88. The topological polar surface area (TPSA) is 76.1 Å². The van der Waals surface area contributed by atoms with Crippen molar-refractivity contribution in [3.63, 3.8) is 0 Å². The molecule has 88 valence electrons. The van der Waals surface area contributed by atoms with Gasteiger partial charge in [0.25, 0.3) is 6.29 Å². The molecule has 6 heteroatoms. The number of hydrogen-bond acceptors (Lipinski definition) is 6. The molecule has 0 fully saturated rings. The first-order valence-electron chi connectivity index (χ1n) is 4.55. The first kappa shape index (κ1) is 13.9. The van der Waals surface area contributed by atoms with Crippen LogP contribution in [0.1, 0.15) is 20.8 Å². The van der Waals surface area contributed by atoms with E-state index in [4.69, 9.17) is 9.47 Å². The van der Waals surface area contributed by atoms with Crippen molar-refractivity contribution in [2.75, 3.05) is 13.6 Å². The SMILES string of the molecule is CC(=O)OC(CN(C)C(C)O)OC(C)=O. The van der Waals surface area contributed by atoms with Gasteiger partial charge in [0.1, 0.15) is 6.23 Å². The Morgan fingerprint density at radius 3 is 1.93 bits per heavy atom. The van der Waals surface area contributed by atoms with Crippen molar-refractivity contribution in [1.82, 2.24) is 4.90 Å². The first-order chi connectivity index (χ1) is 6.82. The molecule has 0 aliphatic carbocycles. The molecular weight excluding hydrogens is 202 g/mol. The molecule has 0 heterocycles. The van der Waals surface area contributed by atoms with Crippen LogP contribution in [0, 0.1) is 0 Å². The Bertz CT molecular complexity index is 213. The number of likely N-dealkylation sites (N-methyl/N-ethyl adjacent to an activating group) is 1.